The van der Waals surface area contributed by atoms with Crippen LogP contribution in [0.1, 0.15) is 20.7 Å². The molecular weight excluding hydrogens is 336 g/mol. The van der Waals surface area contributed by atoms with Gasteiger partial charge in [0.15, 0.2) is 12.2 Å². The van der Waals surface area contributed by atoms with Gasteiger partial charge in [0.25, 0.3) is 0 Å². The number of ether oxygens (including phenoxy) is 3. The Bertz CT molecular complexity index is 771. The summed E-state index contributed by atoms with van der Waals surface area (Å²) in [5.41, 5.74) is 0.784. The van der Waals surface area contributed by atoms with E-state index in [-0.39, 0.29) is 6.61 Å². The lowest BCUT2D eigenvalue weighted by Gasteiger charge is -2.30. The van der Waals surface area contributed by atoms with Gasteiger partial charge in [0, 0.05) is 0 Å². The van der Waals surface area contributed by atoms with Crippen LogP contribution >= 0.6 is 0 Å². The first kappa shape index (κ1) is 17.7. The third-order valence-corrected chi connectivity index (χ3v) is 3.88. The van der Waals surface area contributed by atoms with Crippen molar-refractivity contribution in [1.29, 1.82) is 0 Å². The van der Waals surface area contributed by atoms with Crippen molar-refractivity contribution in [2.24, 2.45) is 0 Å². The second-order valence-corrected chi connectivity index (χ2v) is 5.69. The van der Waals surface area contributed by atoms with E-state index in [1.54, 1.807) is 60.7 Å². The highest BCUT2D eigenvalue weighted by molar-refractivity contribution is 5.90. The monoisotopic (exact) mass is 354 g/mol. The summed E-state index contributed by atoms with van der Waals surface area (Å²) < 4.78 is 15.8. The van der Waals surface area contributed by atoms with E-state index in [4.69, 9.17) is 14.2 Å². The summed E-state index contributed by atoms with van der Waals surface area (Å²) in [5.74, 6) is -1.07. The van der Waals surface area contributed by atoms with Gasteiger partial charge in [0.1, 0.15) is 12.7 Å². The zero-order chi connectivity index (χ0) is 18.4. The predicted molar refractivity (Wildman–Crippen MR) is 92.4 cm³/mol. The maximum absolute atomic E-state index is 12.1. The topological polar surface area (TPSA) is 82.1 Å². The molecule has 1 heterocycles. The van der Waals surface area contributed by atoms with E-state index in [0.717, 1.165) is 0 Å². The van der Waals surface area contributed by atoms with Crippen molar-refractivity contribution in [3.8, 4) is 0 Å². The lowest BCUT2D eigenvalue weighted by Crippen LogP contribution is -2.45. The van der Waals surface area contributed by atoms with E-state index in [9.17, 15) is 14.7 Å². The summed E-state index contributed by atoms with van der Waals surface area (Å²) in [6.45, 7) is -0.168. The number of esters is 2. The fraction of sp³-hybridized carbons (Fsp3) is 0.200. The van der Waals surface area contributed by atoms with Gasteiger partial charge >= 0.3 is 11.9 Å². The molecule has 0 saturated carbocycles. The lowest BCUT2D eigenvalue weighted by atomic mass is 10.1. The summed E-state index contributed by atoms with van der Waals surface area (Å²) >= 11 is 0. The van der Waals surface area contributed by atoms with Crippen LogP contribution in [0.5, 0.6) is 0 Å². The third kappa shape index (κ3) is 4.29. The second-order valence-electron chi connectivity index (χ2n) is 5.69. The molecule has 0 bridgehead atoms. The number of hydrogen-bond donors (Lipinski definition) is 1. The fourth-order valence-electron chi connectivity index (χ4n) is 2.46. The number of aliphatic hydroxyl groups excluding tert-OH is 1. The minimum Gasteiger partial charge on any atom is -0.492 e. The average Bonchev–Trinajstić information content (AvgIpc) is 2.69. The third-order valence-electron chi connectivity index (χ3n) is 3.88. The van der Waals surface area contributed by atoms with Crippen molar-refractivity contribution < 1.29 is 28.9 Å². The van der Waals surface area contributed by atoms with Crippen molar-refractivity contribution in [3.63, 3.8) is 0 Å². The largest absolute Gasteiger partial charge is 0.492 e. The van der Waals surface area contributed by atoms with Gasteiger partial charge in [-0.05, 0) is 30.3 Å². The van der Waals surface area contributed by atoms with E-state index in [2.05, 4.69) is 0 Å². The molecule has 1 aliphatic heterocycles. The molecule has 6 heteroatoms. The molecule has 3 atom stereocenters. The van der Waals surface area contributed by atoms with Crippen LogP contribution in [0.15, 0.2) is 73.0 Å². The molecule has 0 unspecified atom stereocenters. The Kier molecular flexibility index (Phi) is 5.66. The predicted octanol–water partition coefficient (Wildman–Crippen LogP) is 2.34. The van der Waals surface area contributed by atoms with Crippen molar-refractivity contribution in [2.45, 2.75) is 18.3 Å². The van der Waals surface area contributed by atoms with Gasteiger partial charge in [-0.1, -0.05) is 36.4 Å². The summed E-state index contributed by atoms with van der Waals surface area (Å²) in [4.78, 5) is 24.1. The fourth-order valence-corrected chi connectivity index (χ4v) is 2.46. The number of rotatable bonds is 5. The van der Waals surface area contributed by atoms with Gasteiger partial charge in [-0.15, -0.1) is 0 Å². The summed E-state index contributed by atoms with van der Waals surface area (Å²) in [6.07, 6.45) is -0.105. The van der Waals surface area contributed by atoms with Gasteiger partial charge in [0.05, 0.1) is 17.4 Å². The molecule has 1 aliphatic rings. The summed E-state index contributed by atoms with van der Waals surface area (Å²) in [6, 6.07) is 17.0. The molecule has 1 N–H and O–H groups in total. The first-order valence-corrected chi connectivity index (χ1v) is 8.13. The molecule has 134 valence electrons. The average molecular weight is 354 g/mol. The van der Waals surface area contributed by atoms with Crippen LogP contribution in [0.3, 0.4) is 0 Å². The molecule has 0 aliphatic carbocycles. The molecule has 0 fully saturated rings. The van der Waals surface area contributed by atoms with Crippen LogP contribution in [0.25, 0.3) is 0 Å². The SMILES string of the molecule is O=C(OC[C@H]1OC=C[C@@H](OC(=O)c2ccccc2)[C@@H]1O)c1ccccc1. The molecule has 0 amide bonds. The maximum Gasteiger partial charge on any atom is 0.338 e. The summed E-state index contributed by atoms with van der Waals surface area (Å²) in [7, 11) is 0. The zero-order valence-corrected chi connectivity index (χ0v) is 13.9. The maximum atomic E-state index is 12.1. The van der Waals surface area contributed by atoms with Crippen LogP contribution in [0.2, 0.25) is 0 Å². The smallest absolute Gasteiger partial charge is 0.338 e. The van der Waals surface area contributed by atoms with Crippen molar-refractivity contribution in [2.75, 3.05) is 6.61 Å². The quantitative estimate of drug-likeness (QED) is 0.830. The first-order chi connectivity index (χ1) is 12.6. The van der Waals surface area contributed by atoms with Crippen LogP contribution in [0.4, 0.5) is 0 Å². The molecular formula is C20H18O6. The molecule has 0 saturated heterocycles. The lowest BCUT2D eigenvalue weighted by molar-refractivity contribution is -0.0900. The van der Waals surface area contributed by atoms with E-state index >= 15 is 0 Å². The number of carbonyl (C=O) groups excluding carboxylic acids is 2. The second kappa shape index (κ2) is 8.31. The molecule has 2 aromatic rings. The molecule has 0 aromatic heterocycles. The zero-order valence-electron chi connectivity index (χ0n) is 13.9. The van der Waals surface area contributed by atoms with E-state index in [1.807, 2.05) is 0 Å². The number of carbonyl (C=O) groups is 2. The molecule has 2 aromatic carbocycles. The van der Waals surface area contributed by atoms with E-state index in [1.165, 1.54) is 12.3 Å². The Labute approximate surface area is 150 Å². The standard InChI is InChI=1S/C20H18O6/c21-18-16(26-20(23)15-9-5-2-6-10-15)11-12-24-17(18)13-25-19(22)14-7-3-1-4-8-14/h1-12,16-18,21H,13H2/t16-,17-,18+/m1/s1. The van der Waals surface area contributed by atoms with Crippen molar-refractivity contribution in [1.82, 2.24) is 0 Å². The van der Waals surface area contributed by atoms with Gasteiger partial charge in [-0.3, -0.25) is 0 Å². The Morgan fingerprint density at radius 3 is 2.12 bits per heavy atom. The first-order valence-electron chi connectivity index (χ1n) is 8.13. The molecule has 26 heavy (non-hydrogen) atoms. The Hall–Kier alpha value is -3.12. The van der Waals surface area contributed by atoms with Crippen LogP contribution < -0.4 is 0 Å². The highest BCUT2D eigenvalue weighted by Gasteiger charge is 2.34. The van der Waals surface area contributed by atoms with E-state index < -0.39 is 30.3 Å². The van der Waals surface area contributed by atoms with Gasteiger partial charge < -0.3 is 19.3 Å². The molecule has 6 nitrogen and oxygen atoms in total. The Morgan fingerprint density at radius 2 is 1.50 bits per heavy atom. The van der Waals surface area contributed by atoms with Crippen LogP contribution in [-0.4, -0.2) is 42.0 Å². The van der Waals surface area contributed by atoms with Gasteiger partial charge in [-0.2, -0.15) is 0 Å². The number of benzene rings is 2. The van der Waals surface area contributed by atoms with Gasteiger partial charge in [0.2, 0.25) is 0 Å². The number of aliphatic hydroxyl groups is 1. The van der Waals surface area contributed by atoms with Crippen LogP contribution in [-0.2, 0) is 14.2 Å². The Balaban J connectivity index is 1.56. The normalized spacial score (nSPS) is 21.5. The van der Waals surface area contributed by atoms with Crippen LogP contribution in [0, 0.1) is 0 Å². The number of hydrogen-bond acceptors (Lipinski definition) is 6. The molecule has 0 spiro atoms. The van der Waals surface area contributed by atoms with Gasteiger partial charge in [-0.25, -0.2) is 9.59 Å². The van der Waals surface area contributed by atoms with Crippen molar-refractivity contribution in [3.05, 3.63) is 84.1 Å². The van der Waals surface area contributed by atoms with E-state index in [0.29, 0.717) is 11.1 Å². The summed E-state index contributed by atoms with van der Waals surface area (Å²) in [5, 5.41) is 10.4. The molecule has 0 radical (unpaired) electrons. The minimum absolute atomic E-state index is 0.168. The highest BCUT2D eigenvalue weighted by Crippen LogP contribution is 2.18. The minimum atomic E-state index is -1.16. The Morgan fingerprint density at radius 1 is 0.923 bits per heavy atom. The molecule has 3 rings (SSSR count). The highest BCUT2D eigenvalue weighted by atomic mass is 16.6. The van der Waals surface area contributed by atoms with Crippen molar-refractivity contribution >= 4 is 11.9 Å².